The van der Waals surface area contributed by atoms with Crippen molar-refractivity contribution in [2.24, 2.45) is 0 Å². The van der Waals surface area contributed by atoms with Crippen LogP contribution in [0.3, 0.4) is 0 Å². The van der Waals surface area contributed by atoms with E-state index in [-0.39, 0.29) is 6.61 Å². The van der Waals surface area contributed by atoms with Crippen molar-refractivity contribution in [1.29, 1.82) is 0 Å². The quantitative estimate of drug-likeness (QED) is 0.465. The number of benzene rings is 2. The highest BCUT2D eigenvalue weighted by atomic mass is 35.5. The first-order valence-electron chi connectivity index (χ1n) is 8.14. The van der Waals surface area contributed by atoms with E-state index in [1.54, 1.807) is 48.8 Å². The number of nitrogens with zero attached hydrogens (tertiary/aromatic N) is 2. The van der Waals surface area contributed by atoms with Gasteiger partial charge in [0.15, 0.2) is 11.5 Å². The Balaban J connectivity index is 0.000000221. The van der Waals surface area contributed by atoms with Crippen molar-refractivity contribution in [2.45, 2.75) is 6.54 Å². The zero-order valence-electron chi connectivity index (χ0n) is 14.6. The second-order valence-corrected chi connectivity index (χ2v) is 6.98. The third-order valence-electron chi connectivity index (χ3n) is 3.27. The molecule has 2 N–H and O–H groups in total. The van der Waals surface area contributed by atoms with Crippen LogP contribution in [0, 0.1) is 0 Å². The topological polar surface area (TPSA) is 67.3 Å². The van der Waals surface area contributed by atoms with E-state index in [0.29, 0.717) is 44.7 Å². The van der Waals surface area contributed by atoms with Crippen LogP contribution in [-0.4, -0.2) is 28.2 Å². The molecule has 148 valence electrons. The lowest BCUT2D eigenvalue weighted by Crippen LogP contribution is -2.17. The molecule has 0 saturated carbocycles. The van der Waals surface area contributed by atoms with Gasteiger partial charge in [0.25, 0.3) is 0 Å². The summed E-state index contributed by atoms with van der Waals surface area (Å²) in [4.78, 5) is 7.70. The van der Waals surface area contributed by atoms with Crippen LogP contribution in [0.5, 0.6) is 11.5 Å². The van der Waals surface area contributed by atoms with E-state index in [1.165, 1.54) is 6.33 Å². The number of hydrogen-bond donors (Lipinski definition) is 2. The largest absolute Gasteiger partial charge is 0.451 e. The second kappa shape index (κ2) is 12.1. The molecule has 0 fully saturated rings. The number of nitrogens with one attached hydrogen (secondary N) is 1. The maximum Gasteiger partial charge on any atom is 0.164 e. The van der Waals surface area contributed by atoms with Crippen LogP contribution < -0.4 is 10.1 Å². The third kappa shape index (κ3) is 7.09. The minimum atomic E-state index is 0.160. The molecule has 0 saturated heterocycles. The summed E-state index contributed by atoms with van der Waals surface area (Å²) in [5.74, 6) is 0.677. The third-order valence-corrected chi connectivity index (χ3v) is 4.46. The normalized spacial score (nSPS) is 10.2. The number of aromatic nitrogens is 2. The number of rotatable bonds is 6. The van der Waals surface area contributed by atoms with Gasteiger partial charge in [-0.1, -0.05) is 58.5 Å². The summed E-state index contributed by atoms with van der Waals surface area (Å²) in [6, 6.07) is 10.2. The van der Waals surface area contributed by atoms with Crippen LogP contribution in [0.4, 0.5) is 0 Å². The van der Waals surface area contributed by atoms with Gasteiger partial charge in [-0.15, -0.1) is 0 Å². The van der Waals surface area contributed by atoms with E-state index in [0.717, 1.165) is 5.56 Å². The lowest BCUT2D eigenvalue weighted by Gasteiger charge is -2.11. The molecule has 0 radical (unpaired) electrons. The van der Waals surface area contributed by atoms with Gasteiger partial charge in [0.1, 0.15) is 6.33 Å². The molecule has 0 spiro atoms. The van der Waals surface area contributed by atoms with Gasteiger partial charge in [-0.05, 0) is 24.3 Å². The zero-order chi connectivity index (χ0) is 20.4. The predicted molar refractivity (Wildman–Crippen MR) is 114 cm³/mol. The molecule has 1 aromatic heterocycles. The molecule has 28 heavy (non-hydrogen) atoms. The van der Waals surface area contributed by atoms with E-state index in [1.807, 2.05) is 0 Å². The highest BCUT2D eigenvalue weighted by Gasteiger charge is 2.12. The lowest BCUT2D eigenvalue weighted by molar-refractivity contribution is 0.292. The van der Waals surface area contributed by atoms with Gasteiger partial charge in [-0.2, -0.15) is 0 Å². The van der Waals surface area contributed by atoms with Crippen LogP contribution in [0.25, 0.3) is 0 Å². The van der Waals surface area contributed by atoms with Crippen LogP contribution in [0.15, 0.2) is 55.1 Å². The van der Waals surface area contributed by atoms with Gasteiger partial charge < -0.3 is 15.2 Å². The number of halogens is 4. The maximum absolute atomic E-state index is 8.45. The monoisotopic (exact) mass is 459 g/mol. The first-order valence-corrected chi connectivity index (χ1v) is 9.65. The van der Waals surface area contributed by atoms with Crippen molar-refractivity contribution in [3.63, 3.8) is 0 Å². The summed E-state index contributed by atoms with van der Waals surface area (Å²) in [6.07, 6.45) is 4.99. The molecule has 0 unspecified atom stereocenters. The SMILES string of the molecule is Clc1cccc(Cl)c1Oc1c(Cl)cccc1Cl.OCCNCc1cncnc1. The number of aliphatic hydroxyl groups is 1. The molecule has 9 heteroatoms. The summed E-state index contributed by atoms with van der Waals surface area (Å²) in [6.45, 7) is 1.48. The van der Waals surface area contributed by atoms with Gasteiger partial charge in [-0.3, -0.25) is 0 Å². The highest BCUT2D eigenvalue weighted by molar-refractivity contribution is 6.38. The summed E-state index contributed by atoms with van der Waals surface area (Å²) < 4.78 is 5.57. The van der Waals surface area contributed by atoms with E-state index >= 15 is 0 Å². The Kier molecular flexibility index (Phi) is 9.78. The van der Waals surface area contributed by atoms with E-state index in [9.17, 15) is 0 Å². The van der Waals surface area contributed by atoms with Crippen LogP contribution in [-0.2, 0) is 6.54 Å². The number of ether oxygens (including phenoxy) is 1. The Bertz CT molecular complexity index is 792. The average Bonchev–Trinajstić information content (AvgIpc) is 2.68. The first kappa shape index (κ1) is 22.7. The van der Waals surface area contributed by atoms with Crippen molar-refractivity contribution in [3.05, 3.63) is 80.8 Å². The molecule has 0 aliphatic rings. The number of aliphatic hydroxyl groups excluding tert-OH is 1. The molecular weight excluding hydrogens is 444 g/mol. The summed E-state index contributed by atoms with van der Waals surface area (Å²) in [5.41, 5.74) is 1.03. The van der Waals surface area contributed by atoms with Crippen LogP contribution in [0.1, 0.15) is 5.56 Å². The molecule has 0 bridgehead atoms. The summed E-state index contributed by atoms with van der Waals surface area (Å²) in [7, 11) is 0. The van der Waals surface area contributed by atoms with Gasteiger partial charge in [0.2, 0.25) is 0 Å². The minimum Gasteiger partial charge on any atom is -0.451 e. The predicted octanol–water partition coefficient (Wildman–Crippen LogP) is 5.65. The van der Waals surface area contributed by atoms with Crippen molar-refractivity contribution in [3.8, 4) is 11.5 Å². The Labute approximate surface area is 183 Å². The number of hydrogen-bond acceptors (Lipinski definition) is 5. The molecule has 0 atom stereocenters. The van der Waals surface area contributed by atoms with Crippen molar-refractivity contribution in [2.75, 3.05) is 13.2 Å². The standard InChI is InChI=1S/C12H6Cl4O.C7H11N3O/c13-7-3-1-4-8(14)11(7)17-12-9(15)5-2-6-10(12)16;11-2-1-8-3-7-4-9-6-10-5-7/h1-6H;4-6,8,11H,1-3H2. The fraction of sp³-hybridized carbons (Fsp3) is 0.158. The van der Waals surface area contributed by atoms with Crippen molar-refractivity contribution >= 4 is 46.4 Å². The van der Waals surface area contributed by atoms with Crippen molar-refractivity contribution in [1.82, 2.24) is 15.3 Å². The molecule has 3 aromatic rings. The van der Waals surface area contributed by atoms with Gasteiger partial charge in [-0.25, -0.2) is 9.97 Å². The lowest BCUT2D eigenvalue weighted by atomic mass is 10.3. The van der Waals surface area contributed by atoms with Crippen LogP contribution in [0.2, 0.25) is 20.1 Å². The molecule has 5 nitrogen and oxygen atoms in total. The minimum absolute atomic E-state index is 0.160. The zero-order valence-corrected chi connectivity index (χ0v) is 17.6. The first-order chi connectivity index (χ1) is 13.5. The second-order valence-electron chi connectivity index (χ2n) is 5.35. The average molecular weight is 461 g/mol. The highest BCUT2D eigenvalue weighted by Crippen LogP contribution is 2.41. The van der Waals surface area contributed by atoms with Gasteiger partial charge in [0, 0.05) is 31.0 Å². The molecule has 1 heterocycles. The van der Waals surface area contributed by atoms with E-state index < -0.39 is 0 Å². The Morgan fingerprint density at radius 3 is 1.71 bits per heavy atom. The maximum atomic E-state index is 8.45. The molecule has 0 aliphatic heterocycles. The molecule has 0 aliphatic carbocycles. The molecule has 2 aromatic carbocycles. The van der Waals surface area contributed by atoms with Gasteiger partial charge >= 0.3 is 0 Å². The fourth-order valence-corrected chi connectivity index (χ4v) is 2.94. The fourth-order valence-electron chi connectivity index (χ4n) is 2.00. The van der Waals surface area contributed by atoms with E-state index in [2.05, 4.69) is 15.3 Å². The molecule has 0 amide bonds. The Morgan fingerprint density at radius 2 is 1.29 bits per heavy atom. The van der Waals surface area contributed by atoms with Crippen molar-refractivity contribution < 1.29 is 9.84 Å². The van der Waals surface area contributed by atoms with Crippen LogP contribution >= 0.6 is 46.4 Å². The van der Waals surface area contributed by atoms with E-state index in [4.69, 9.17) is 56.2 Å². The molecule has 3 rings (SSSR count). The smallest absolute Gasteiger partial charge is 0.164 e. The number of para-hydroxylation sites is 2. The Morgan fingerprint density at radius 1 is 0.821 bits per heavy atom. The summed E-state index contributed by atoms with van der Waals surface area (Å²) >= 11 is 24.0. The van der Waals surface area contributed by atoms with Gasteiger partial charge in [0.05, 0.1) is 26.7 Å². The molecular formula is C19H17Cl4N3O2. The summed E-state index contributed by atoms with van der Waals surface area (Å²) in [5, 5.41) is 13.1. The Hall–Kier alpha value is -1.60.